The number of pyridine rings is 1. The Balaban J connectivity index is 0.857. The number of piperidine rings is 1. The highest BCUT2D eigenvalue weighted by Crippen LogP contribution is 2.55. The van der Waals surface area contributed by atoms with Crippen LogP contribution in [0.25, 0.3) is 11.0 Å². The maximum Gasteiger partial charge on any atom is 0.288 e. The molecule has 1 amide bonds. The van der Waals surface area contributed by atoms with Crippen molar-refractivity contribution in [3.63, 3.8) is 0 Å². The van der Waals surface area contributed by atoms with Crippen LogP contribution in [-0.4, -0.2) is 82.9 Å². The number of sulfonamides is 1. The number of aromatic nitrogens is 2. The number of ether oxygens (including phenoxy) is 2. The number of rotatable bonds is 11. The third-order valence-electron chi connectivity index (χ3n) is 14.8. The van der Waals surface area contributed by atoms with E-state index in [-0.39, 0.29) is 45.8 Å². The number of nitrogens with zero attached hydrogens (tertiary/aromatic N) is 4. The molecule has 2 saturated carbocycles. The number of aliphatic hydroxyl groups is 1. The highest BCUT2D eigenvalue weighted by molar-refractivity contribution is 8.00. The zero-order chi connectivity index (χ0) is 45.0. The van der Waals surface area contributed by atoms with Crippen molar-refractivity contribution in [3.8, 4) is 17.2 Å². The van der Waals surface area contributed by atoms with Gasteiger partial charge >= 0.3 is 0 Å². The number of fused-ring (bicyclic) bond motifs is 2. The Bertz CT molecular complexity index is 2720. The van der Waals surface area contributed by atoms with Gasteiger partial charge in [0.1, 0.15) is 34.4 Å². The molecule has 3 N–H and O–H groups in total. The van der Waals surface area contributed by atoms with Gasteiger partial charge in [0.25, 0.3) is 21.6 Å². The van der Waals surface area contributed by atoms with Crippen LogP contribution in [-0.2, 0) is 10.0 Å². The second-order valence-electron chi connectivity index (χ2n) is 19.1. The molecule has 0 bridgehead atoms. The minimum atomic E-state index is -4.63. The number of anilines is 1. The summed E-state index contributed by atoms with van der Waals surface area (Å²) in [4.78, 5) is 38.2. The molecule has 14 nitrogen and oxygen atoms in total. The first-order chi connectivity index (χ1) is 31.3. The molecule has 3 aromatic carbocycles. The van der Waals surface area contributed by atoms with Gasteiger partial charge in [0, 0.05) is 65.9 Å². The van der Waals surface area contributed by atoms with Gasteiger partial charge in [-0.3, -0.25) is 19.8 Å². The van der Waals surface area contributed by atoms with E-state index in [0.717, 1.165) is 62.5 Å². The Morgan fingerprint density at radius 1 is 1.03 bits per heavy atom. The van der Waals surface area contributed by atoms with E-state index in [0.29, 0.717) is 47.7 Å². The average Bonchev–Trinajstić information content (AvgIpc) is 3.98. The fourth-order valence-electron chi connectivity index (χ4n) is 11.2. The summed E-state index contributed by atoms with van der Waals surface area (Å²) in [6.07, 6.45) is 12.8. The van der Waals surface area contributed by atoms with Gasteiger partial charge in [-0.2, -0.15) is 0 Å². The molecular formula is C49H56N6O8S2. The number of amides is 1. The number of benzene rings is 3. The van der Waals surface area contributed by atoms with Crippen LogP contribution in [0.2, 0.25) is 0 Å². The number of nitrogens with one attached hydrogen (secondary N) is 2. The Hall–Kier alpha value is -5.16. The van der Waals surface area contributed by atoms with Gasteiger partial charge in [-0.15, -0.1) is 11.8 Å². The summed E-state index contributed by atoms with van der Waals surface area (Å²) in [6, 6.07) is 21.1. The van der Waals surface area contributed by atoms with Crippen molar-refractivity contribution in [2.45, 2.75) is 117 Å². The third-order valence-corrected chi connectivity index (χ3v) is 17.5. The number of aromatic amines is 1. The van der Waals surface area contributed by atoms with E-state index in [2.05, 4.69) is 62.6 Å². The van der Waals surface area contributed by atoms with Crippen molar-refractivity contribution in [1.82, 2.24) is 19.6 Å². The SMILES string of the molecule is CC(C)c1ccccc1[C@@H]1CCCN1C1CC2(CCN(c3ccc(C(=O)NS(=O)(=O)c4cc5c(c([N+](=O)[O-])c4)S[C@@H]([C@H]4CC[C@H](O)CC4)CO5)c(Oc4cnc5[nH]ccc5c4)c3)CC2)C1. The molecule has 0 radical (unpaired) electrons. The van der Waals surface area contributed by atoms with Crippen LogP contribution < -0.4 is 19.1 Å². The van der Waals surface area contributed by atoms with Crippen LogP contribution in [0.4, 0.5) is 11.4 Å². The molecule has 5 heterocycles. The van der Waals surface area contributed by atoms with E-state index in [4.69, 9.17) is 9.47 Å². The summed E-state index contributed by atoms with van der Waals surface area (Å²) in [7, 11) is -4.63. The number of nitro groups is 1. The van der Waals surface area contributed by atoms with E-state index in [9.17, 15) is 28.4 Å². The van der Waals surface area contributed by atoms with Crippen LogP contribution in [0.15, 0.2) is 88.9 Å². The maximum absolute atomic E-state index is 14.1. The highest BCUT2D eigenvalue weighted by atomic mass is 32.2. The van der Waals surface area contributed by atoms with E-state index >= 15 is 0 Å². The number of aliphatic hydroxyl groups excluding tert-OH is 1. The molecule has 10 rings (SSSR count). The first-order valence-electron chi connectivity index (χ1n) is 23.0. The molecule has 3 aliphatic heterocycles. The van der Waals surface area contributed by atoms with Crippen molar-refractivity contribution in [1.29, 1.82) is 0 Å². The van der Waals surface area contributed by atoms with E-state index in [1.807, 2.05) is 12.1 Å². The fraction of sp³-hybridized carbons (Fsp3) is 0.469. The minimum Gasteiger partial charge on any atom is -0.491 e. The van der Waals surface area contributed by atoms with Crippen LogP contribution in [0, 0.1) is 21.4 Å². The maximum atomic E-state index is 14.1. The molecule has 4 fully saturated rings. The summed E-state index contributed by atoms with van der Waals surface area (Å²) < 4.78 is 42.4. The first kappa shape index (κ1) is 43.7. The third kappa shape index (κ3) is 8.70. The average molecular weight is 921 g/mol. The molecule has 5 aromatic rings. The van der Waals surface area contributed by atoms with Crippen LogP contribution >= 0.6 is 11.8 Å². The lowest BCUT2D eigenvalue weighted by molar-refractivity contribution is -0.388. The number of carbonyl (C=O) groups is 1. The summed E-state index contributed by atoms with van der Waals surface area (Å²) in [5.74, 6) is 0.339. The predicted molar refractivity (Wildman–Crippen MR) is 250 cm³/mol. The molecule has 0 unspecified atom stereocenters. The number of carbonyl (C=O) groups excluding carboxylic acids is 1. The monoisotopic (exact) mass is 920 g/mol. The molecule has 2 aromatic heterocycles. The molecule has 65 heavy (non-hydrogen) atoms. The normalized spacial score (nSPS) is 23.5. The van der Waals surface area contributed by atoms with Gasteiger partial charge in [-0.1, -0.05) is 38.1 Å². The Labute approximate surface area is 383 Å². The lowest BCUT2D eigenvalue weighted by Gasteiger charge is -2.56. The van der Waals surface area contributed by atoms with Crippen molar-refractivity contribution in [2.75, 3.05) is 31.1 Å². The number of hydrogen-bond acceptors (Lipinski definition) is 12. The Kier molecular flexibility index (Phi) is 11.8. The smallest absolute Gasteiger partial charge is 0.288 e. The molecule has 16 heteroatoms. The molecule has 2 atom stereocenters. The second-order valence-corrected chi connectivity index (χ2v) is 22.0. The first-order valence-corrected chi connectivity index (χ1v) is 25.4. The van der Waals surface area contributed by atoms with E-state index in [1.165, 1.54) is 54.6 Å². The van der Waals surface area contributed by atoms with Crippen molar-refractivity contribution < 1.29 is 32.7 Å². The van der Waals surface area contributed by atoms with Crippen molar-refractivity contribution in [3.05, 3.63) is 106 Å². The highest BCUT2D eigenvalue weighted by Gasteiger charge is 2.50. The number of thioether (sulfide) groups is 1. The largest absolute Gasteiger partial charge is 0.491 e. The molecule has 1 spiro atoms. The molecule has 342 valence electrons. The summed E-state index contributed by atoms with van der Waals surface area (Å²) >= 11 is 1.32. The van der Waals surface area contributed by atoms with Gasteiger partial charge < -0.3 is 24.5 Å². The number of likely N-dealkylation sites (tertiary alicyclic amines) is 1. The Morgan fingerprint density at radius 3 is 2.58 bits per heavy atom. The van der Waals surface area contributed by atoms with Gasteiger partial charge in [-0.05, 0) is 123 Å². The summed E-state index contributed by atoms with van der Waals surface area (Å²) in [6.45, 7) is 7.64. The second kappa shape index (κ2) is 17.6. The zero-order valence-corrected chi connectivity index (χ0v) is 38.4. The van der Waals surface area contributed by atoms with Gasteiger partial charge in [0.2, 0.25) is 0 Å². The summed E-state index contributed by atoms with van der Waals surface area (Å²) in [5.41, 5.74) is 4.35. The number of hydrogen-bond donors (Lipinski definition) is 3. The molecule has 2 aliphatic carbocycles. The van der Waals surface area contributed by atoms with E-state index in [1.54, 1.807) is 30.6 Å². The van der Waals surface area contributed by atoms with Crippen LogP contribution in [0.5, 0.6) is 17.2 Å². The molecule has 5 aliphatic rings. The van der Waals surface area contributed by atoms with Crippen LogP contribution in [0.3, 0.4) is 0 Å². The topological polar surface area (TPSA) is 180 Å². The van der Waals surface area contributed by atoms with Crippen molar-refractivity contribution in [2.24, 2.45) is 11.3 Å². The van der Waals surface area contributed by atoms with Crippen molar-refractivity contribution >= 4 is 50.1 Å². The molecular weight excluding hydrogens is 865 g/mol. The number of nitro benzene ring substituents is 1. The number of H-pyrrole nitrogens is 1. The Morgan fingerprint density at radius 2 is 1.82 bits per heavy atom. The minimum absolute atomic E-state index is 0.0271. The van der Waals surface area contributed by atoms with Crippen LogP contribution in [0.1, 0.15) is 112 Å². The van der Waals surface area contributed by atoms with E-state index < -0.39 is 31.4 Å². The van der Waals surface area contributed by atoms with Gasteiger partial charge in [0.05, 0.1) is 27.7 Å². The lowest BCUT2D eigenvalue weighted by Crippen LogP contribution is -2.54. The van der Waals surface area contributed by atoms with Gasteiger partial charge in [0.15, 0.2) is 0 Å². The molecule has 2 saturated heterocycles. The van der Waals surface area contributed by atoms with Gasteiger partial charge in [-0.25, -0.2) is 18.1 Å². The quantitative estimate of drug-likeness (QED) is 0.0845. The lowest BCUT2D eigenvalue weighted by atomic mass is 9.59. The zero-order valence-electron chi connectivity index (χ0n) is 36.8. The fourth-order valence-corrected chi connectivity index (χ4v) is 13.6. The standard InChI is InChI=1S/C49H56N6O8S2/c1-30(2)38-6-3-4-7-39(38)41-8-5-19-54(41)34-26-49(27-34)16-20-53(21-17-49)33-11-14-40(43(23-33)63-36-22-32-15-18-50-47(32)51-28-36)48(57)52-65(60,61)37-24-42(55(58)59)46-44(25-37)62-29-45(64-46)31-9-12-35(56)13-10-31/h3-4,6-7,11,14-15,18,22-25,28,30-31,34-35,41,45,56H,5,8-10,12-13,16-17,19-21,26-27,29H2,1-2H3,(H,50,51)(H,52,57)/t31-,35-,41-,45+/m0/s1. The summed E-state index contributed by atoms with van der Waals surface area (Å²) in [5, 5.41) is 23.1. The predicted octanol–water partition coefficient (Wildman–Crippen LogP) is 9.50.